The van der Waals surface area contributed by atoms with E-state index >= 15 is 0 Å². The van der Waals surface area contributed by atoms with E-state index in [1.165, 1.54) is 16.7 Å². The van der Waals surface area contributed by atoms with Crippen molar-refractivity contribution in [2.45, 2.75) is 13.3 Å². The van der Waals surface area contributed by atoms with E-state index in [9.17, 15) is 0 Å². The molecule has 96 valence electrons. The first kappa shape index (κ1) is 13.3. The largest absolute Gasteiger partial charge is 0.293 e. The van der Waals surface area contributed by atoms with Crippen LogP contribution >= 0.6 is 0 Å². The number of hydrogen-bond acceptors (Lipinski definition) is 1. The Morgan fingerprint density at radius 3 is 1.89 bits per heavy atom. The topological polar surface area (TPSA) is 12.4 Å². The van der Waals surface area contributed by atoms with Crippen LogP contribution in [-0.2, 0) is 0 Å². The van der Waals surface area contributed by atoms with Gasteiger partial charge in [0.1, 0.15) is 0 Å². The van der Waals surface area contributed by atoms with Crippen molar-refractivity contribution in [3.8, 4) is 0 Å². The highest BCUT2D eigenvalue weighted by Gasteiger charge is 2.02. The average molecular weight is 249 g/mol. The minimum Gasteiger partial charge on any atom is -0.293 e. The Morgan fingerprint density at radius 2 is 1.42 bits per heavy atom. The van der Waals surface area contributed by atoms with Gasteiger partial charge in [-0.05, 0) is 29.2 Å². The second-order valence-corrected chi connectivity index (χ2v) is 4.37. The Kier molecular flexibility index (Phi) is 5.12. The number of hydrogen-bond donors (Lipinski definition) is 0. The fourth-order valence-corrected chi connectivity index (χ4v) is 1.93. The van der Waals surface area contributed by atoms with E-state index in [2.05, 4.69) is 66.5 Å². The third-order valence-corrected chi connectivity index (χ3v) is 2.87. The van der Waals surface area contributed by atoms with Gasteiger partial charge in [0, 0.05) is 12.8 Å². The summed E-state index contributed by atoms with van der Waals surface area (Å²) in [6.45, 7) is 3.02. The molecule has 0 bridgehead atoms. The van der Waals surface area contributed by atoms with Gasteiger partial charge in [-0.3, -0.25) is 4.99 Å². The van der Waals surface area contributed by atoms with E-state index in [1.807, 2.05) is 18.3 Å². The van der Waals surface area contributed by atoms with Crippen LogP contribution in [0.4, 0.5) is 0 Å². The van der Waals surface area contributed by atoms with Crippen molar-refractivity contribution in [1.29, 1.82) is 0 Å². The van der Waals surface area contributed by atoms with Crippen molar-refractivity contribution in [3.05, 3.63) is 77.9 Å². The lowest BCUT2D eigenvalue weighted by Gasteiger charge is -2.07. The molecule has 2 aromatic rings. The maximum atomic E-state index is 4.38. The first-order valence-corrected chi connectivity index (χ1v) is 6.72. The molecule has 0 radical (unpaired) electrons. The molecule has 19 heavy (non-hydrogen) atoms. The highest BCUT2D eigenvalue weighted by molar-refractivity contribution is 5.91. The van der Waals surface area contributed by atoms with Gasteiger partial charge in [-0.2, -0.15) is 0 Å². The van der Waals surface area contributed by atoms with Crippen LogP contribution in [0.3, 0.4) is 0 Å². The zero-order chi connectivity index (χ0) is 13.3. The number of allylic oxidation sites excluding steroid dienone is 1. The minimum atomic E-state index is 0.882. The van der Waals surface area contributed by atoms with Gasteiger partial charge in [-0.15, -0.1) is 0 Å². The molecule has 0 saturated carbocycles. The summed E-state index contributed by atoms with van der Waals surface area (Å²) in [5, 5.41) is 0. The lowest BCUT2D eigenvalue weighted by Crippen LogP contribution is -1.88. The molecular weight excluding hydrogens is 230 g/mol. The van der Waals surface area contributed by atoms with Gasteiger partial charge in [0.15, 0.2) is 0 Å². The van der Waals surface area contributed by atoms with Crippen LogP contribution < -0.4 is 0 Å². The van der Waals surface area contributed by atoms with Crippen molar-refractivity contribution in [2.24, 2.45) is 4.99 Å². The Balaban J connectivity index is 2.34. The van der Waals surface area contributed by atoms with Crippen molar-refractivity contribution in [3.63, 3.8) is 0 Å². The predicted molar refractivity (Wildman–Crippen MR) is 83.6 cm³/mol. The molecule has 0 amide bonds. The summed E-state index contributed by atoms with van der Waals surface area (Å²) in [5.41, 5.74) is 3.65. The predicted octanol–water partition coefficient (Wildman–Crippen LogP) is 4.60. The van der Waals surface area contributed by atoms with E-state index in [0.717, 1.165) is 13.0 Å². The molecule has 0 atom stereocenters. The maximum absolute atomic E-state index is 4.38. The normalized spacial score (nSPS) is 10.6. The number of rotatable bonds is 5. The molecule has 0 spiro atoms. The Morgan fingerprint density at radius 1 is 0.895 bits per heavy atom. The van der Waals surface area contributed by atoms with E-state index < -0.39 is 0 Å². The fraction of sp³-hybridized carbons (Fsp3) is 0.167. The minimum absolute atomic E-state index is 0.882. The van der Waals surface area contributed by atoms with Gasteiger partial charge in [0.2, 0.25) is 0 Å². The molecule has 0 N–H and O–H groups in total. The molecule has 1 nitrogen and oxygen atoms in total. The molecule has 0 heterocycles. The van der Waals surface area contributed by atoms with Crippen molar-refractivity contribution < 1.29 is 0 Å². The fourth-order valence-electron chi connectivity index (χ4n) is 1.93. The lowest BCUT2D eigenvalue weighted by molar-refractivity contribution is 0.937. The first-order chi connectivity index (χ1) is 9.42. The summed E-state index contributed by atoms with van der Waals surface area (Å²) in [6, 6.07) is 20.9. The average Bonchev–Trinajstić information content (AvgIpc) is 2.49. The van der Waals surface area contributed by atoms with Crippen molar-refractivity contribution in [2.75, 3.05) is 6.54 Å². The van der Waals surface area contributed by atoms with Gasteiger partial charge in [-0.25, -0.2) is 0 Å². The molecular formula is C18H19N. The molecule has 0 aliphatic heterocycles. The van der Waals surface area contributed by atoms with Gasteiger partial charge in [0.05, 0.1) is 0 Å². The SMILES string of the molecule is CCCN=CC=C(c1ccccc1)c1ccccc1. The second kappa shape index (κ2) is 7.32. The molecule has 0 aromatic heterocycles. The number of benzene rings is 2. The van der Waals surface area contributed by atoms with E-state index in [4.69, 9.17) is 0 Å². The third kappa shape index (κ3) is 3.92. The molecule has 0 saturated heterocycles. The summed E-state index contributed by atoms with van der Waals surface area (Å²) >= 11 is 0. The Labute approximate surface area is 115 Å². The van der Waals surface area contributed by atoms with Crippen LogP contribution in [0.5, 0.6) is 0 Å². The number of nitrogens with zero attached hydrogens (tertiary/aromatic N) is 1. The molecule has 0 aliphatic carbocycles. The summed E-state index contributed by atoms with van der Waals surface area (Å²) in [7, 11) is 0. The Hall–Kier alpha value is -2.15. The summed E-state index contributed by atoms with van der Waals surface area (Å²) in [5.74, 6) is 0. The van der Waals surface area contributed by atoms with Crippen LogP contribution in [0.1, 0.15) is 24.5 Å². The summed E-state index contributed by atoms with van der Waals surface area (Å²) in [4.78, 5) is 4.38. The molecule has 0 fully saturated rings. The Bertz CT molecular complexity index is 497. The van der Waals surface area contributed by atoms with Crippen LogP contribution in [-0.4, -0.2) is 12.8 Å². The smallest absolute Gasteiger partial charge is 0.0386 e. The standard InChI is InChI=1S/C18H19N/c1-2-14-19-15-13-18(16-9-5-3-6-10-16)17-11-7-4-8-12-17/h3-13,15H,2,14H2,1H3. The molecule has 0 unspecified atom stereocenters. The summed E-state index contributed by atoms with van der Waals surface area (Å²) < 4.78 is 0. The zero-order valence-corrected chi connectivity index (χ0v) is 11.3. The van der Waals surface area contributed by atoms with E-state index in [-0.39, 0.29) is 0 Å². The van der Waals surface area contributed by atoms with Crippen LogP contribution in [0.25, 0.3) is 5.57 Å². The van der Waals surface area contributed by atoms with Crippen LogP contribution in [0.15, 0.2) is 71.7 Å². The summed E-state index contributed by atoms with van der Waals surface area (Å²) in [6.07, 6.45) is 5.09. The first-order valence-electron chi connectivity index (χ1n) is 6.72. The number of aliphatic imine (C=N–C) groups is 1. The molecule has 1 heteroatoms. The quantitative estimate of drug-likeness (QED) is 0.687. The van der Waals surface area contributed by atoms with Gasteiger partial charge < -0.3 is 0 Å². The molecule has 2 aromatic carbocycles. The molecule has 0 aliphatic rings. The lowest BCUT2D eigenvalue weighted by atomic mass is 9.98. The highest BCUT2D eigenvalue weighted by Crippen LogP contribution is 2.22. The maximum Gasteiger partial charge on any atom is 0.0386 e. The van der Waals surface area contributed by atoms with E-state index in [1.54, 1.807) is 0 Å². The monoisotopic (exact) mass is 249 g/mol. The second-order valence-electron chi connectivity index (χ2n) is 4.37. The highest BCUT2D eigenvalue weighted by atomic mass is 14.7. The van der Waals surface area contributed by atoms with Crippen LogP contribution in [0, 0.1) is 0 Å². The van der Waals surface area contributed by atoms with Gasteiger partial charge in [0.25, 0.3) is 0 Å². The van der Waals surface area contributed by atoms with Crippen LogP contribution in [0.2, 0.25) is 0 Å². The van der Waals surface area contributed by atoms with Crippen molar-refractivity contribution in [1.82, 2.24) is 0 Å². The van der Waals surface area contributed by atoms with Gasteiger partial charge >= 0.3 is 0 Å². The van der Waals surface area contributed by atoms with Gasteiger partial charge in [-0.1, -0.05) is 67.6 Å². The zero-order valence-electron chi connectivity index (χ0n) is 11.3. The van der Waals surface area contributed by atoms with Crippen molar-refractivity contribution >= 4 is 11.8 Å². The van der Waals surface area contributed by atoms with E-state index in [0.29, 0.717) is 0 Å². The molecule has 2 rings (SSSR count). The third-order valence-electron chi connectivity index (χ3n) is 2.87.